The average molecular weight is 559 g/mol. The zero-order valence-electron chi connectivity index (χ0n) is 20.0. The van der Waals surface area contributed by atoms with Gasteiger partial charge in [-0.1, -0.05) is 22.0 Å². The molecule has 7 nitrogen and oxygen atoms in total. The van der Waals surface area contributed by atoms with Crippen LogP contribution in [0, 0.1) is 6.92 Å². The maximum absolute atomic E-state index is 14.0. The van der Waals surface area contributed by atoms with Gasteiger partial charge in [-0.05, 0) is 86.0 Å². The van der Waals surface area contributed by atoms with Crippen LogP contribution in [-0.4, -0.2) is 41.1 Å². The first kappa shape index (κ1) is 25.1. The number of anilines is 2. The number of sulfonamides is 1. The lowest BCUT2D eigenvalue weighted by Crippen LogP contribution is -2.45. The normalized spacial score (nSPS) is 15.0. The fraction of sp³-hybridized carbons (Fsp3) is 0.269. The molecule has 1 aliphatic heterocycles. The molecule has 0 bridgehead atoms. The van der Waals surface area contributed by atoms with E-state index in [4.69, 9.17) is 9.47 Å². The van der Waals surface area contributed by atoms with Crippen molar-refractivity contribution in [3.05, 3.63) is 76.3 Å². The summed E-state index contributed by atoms with van der Waals surface area (Å²) in [5.74, 6) is 0.481. The molecule has 0 fully saturated rings. The van der Waals surface area contributed by atoms with Gasteiger partial charge >= 0.3 is 0 Å². The third-order valence-electron chi connectivity index (χ3n) is 6.05. The Morgan fingerprint density at radius 2 is 1.77 bits per heavy atom. The van der Waals surface area contributed by atoms with Gasteiger partial charge in [0.1, 0.15) is 22.9 Å². The van der Waals surface area contributed by atoms with E-state index in [2.05, 4.69) is 15.9 Å². The first-order valence-corrected chi connectivity index (χ1v) is 13.3. The van der Waals surface area contributed by atoms with Gasteiger partial charge in [0.2, 0.25) is 5.91 Å². The molecule has 0 aromatic heterocycles. The molecule has 184 valence electrons. The van der Waals surface area contributed by atoms with E-state index < -0.39 is 10.0 Å². The summed E-state index contributed by atoms with van der Waals surface area (Å²) >= 11 is 3.48. The second-order valence-electron chi connectivity index (χ2n) is 8.45. The number of nitrogens with zero attached hydrogens (tertiary/aromatic N) is 2. The minimum absolute atomic E-state index is 0.00224. The SMILES string of the molecule is COc1ccc(N(CC(=O)N2c3ccc(Br)cc3C[C@H]2C)S(=O)(=O)c2cc(C)ccc2OC)cc1. The molecule has 0 saturated heterocycles. The van der Waals surface area contributed by atoms with E-state index in [1.807, 2.05) is 32.0 Å². The van der Waals surface area contributed by atoms with E-state index >= 15 is 0 Å². The fourth-order valence-electron chi connectivity index (χ4n) is 4.35. The van der Waals surface area contributed by atoms with Gasteiger partial charge in [0.15, 0.2) is 0 Å². The zero-order chi connectivity index (χ0) is 25.3. The van der Waals surface area contributed by atoms with Crippen LogP contribution in [-0.2, 0) is 21.2 Å². The average Bonchev–Trinajstić information content (AvgIpc) is 3.17. The maximum atomic E-state index is 14.0. The number of carbonyl (C=O) groups is 1. The topological polar surface area (TPSA) is 76.2 Å². The highest BCUT2D eigenvalue weighted by Gasteiger charge is 2.36. The van der Waals surface area contributed by atoms with E-state index in [-0.39, 0.29) is 29.1 Å². The van der Waals surface area contributed by atoms with Crippen molar-refractivity contribution in [2.24, 2.45) is 0 Å². The van der Waals surface area contributed by atoms with Crippen molar-refractivity contribution < 1.29 is 22.7 Å². The third kappa shape index (κ3) is 4.88. The molecule has 0 unspecified atom stereocenters. The predicted molar refractivity (Wildman–Crippen MR) is 140 cm³/mol. The lowest BCUT2D eigenvalue weighted by Gasteiger charge is -2.29. The highest BCUT2D eigenvalue weighted by atomic mass is 79.9. The number of fused-ring (bicyclic) bond motifs is 1. The van der Waals surface area contributed by atoms with Gasteiger partial charge in [0, 0.05) is 16.2 Å². The Morgan fingerprint density at radius 3 is 2.43 bits per heavy atom. The summed E-state index contributed by atoms with van der Waals surface area (Å²) in [7, 11) is -1.19. The zero-order valence-corrected chi connectivity index (χ0v) is 22.4. The first-order valence-electron chi connectivity index (χ1n) is 11.1. The van der Waals surface area contributed by atoms with Gasteiger partial charge in [-0.2, -0.15) is 0 Å². The van der Waals surface area contributed by atoms with Crippen molar-refractivity contribution >= 4 is 43.2 Å². The van der Waals surface area contributed by atoms with E-state index in [9.17, 15) is 13.2 Å². The molecule has 3 aromatic rings. The Bertz CT molecular complexity index is 1360. The summed E-state index contributed by atoms with van der Waals surface area (Å²) in [6, 6.07) is 17.2. The molecule has 1 aliphatic rings. The van der Waals surface area contributed by atoms with Crippen LogP contribution < -0.4 is 18.7 Å². The Morgan fingerprint density at radius 1 is 1.06 bits per heavy atom. The van der Waals surface area contributed by atoms with Crippen molar-refractivity contribution in [1.82, 2.24) is 0 Å². The van der Waals surface area contributed by atoms with E-state index in [1.165, 1.54) is 14.2 Å². The Labute approximate surface area is 214 Å². The quantitative estimate of drug-likeness (QED) is 0.410. The van der Waals surface area contributed by atoms with Crippen LogP contribution in [0.2, 0.25) is 0 Å². The second-order valence-corrected chi connectivity index (χ2v) is 11.2. The summed E-state index contributed by atoms with van der Waals surface area (Å²) in [5.41, 5.74) is 2.95. The van der Waals surface area contributed by atoms with Gasteiger partial charge < -0.3 is 14.4 Å². The number of hydrogen-bond donors (Lipinski definition) is 0. The molecule has 35 heavy (non-hydrogen) atoms. The van der Waals surface area contributed by atoms with Crippen molar-refractivity contribution in [1.29, 1.82) is 0 Å². The van der Waals surface area contributed by atoms with Crippen LogP contribution in [0.25, 0.3) is 0 Å². The summed E-state index contributed by atoms with van der Waals surface area (Å²) in [4.78, 5) is 15.3. The summed E-state index contributed by atoms with van der Waals surface area (Å²) < 4.78 is 40.6. The van der Waals surface area contributed by atoms with Crippen molar-refractivity contribution in [2.75, 3.05) is 30.0 Å². The fourth-order valence-corrected chi connectivity index (χ4v) is 6.41. The Kier molecular flexibility index (Phi) is 7.10. The molecule has 1 amide bonds. The van der Waals surface area contributed by atoms with Crippen LogP contribution in [0.4, 0.5) is 11.4 Å². The van der Waals surface area contributed by atoms with Crippen LogP contribution in [0.3, 0.4) is 0 Å². The van der Waals surface area contributed by atoms with Gasteiger partial charge in [0.25, 0.3) is 10.0 Å². The molecule has 0 spiro atoms. The molecule has 4 rings (SSSR count). The van der Waals surface area contributed by atoms with Gasteiger partial charge in [-0.15, -0.1) is 0 Å². The monoisotopic (exact) mass is 558 g/mol. The minimum atomic E-state index is -4.15. The number of ether oxygens (including phenoxy) is 2. The molecular weight excluding hydrogens is 532 g/mol. The largest absolute Gasteiger partial charge is 0.497 e. The lowest BCUT2D eigenvalue weighted by atomic mass is 10.1. The molecule has 1 heterocycles. The second kappa shape index (κ2) is 9.91. The molecule has 1 atom stereocenters. The van der Waals surface area contributed by atoms with E-state index in [1.54, 1.807) is 47.4 Å². The van der Waals surface area contributed by atoms with Gasteiger partial charge in [0.05, 0.1) is 19.9 Å². The number of aryl methyl sites for hydroxylation is 1. The highest BCUT2D eigenvalue weighted by Crippen LogP contribution is 2.36. The smallest absolute Gasteiger partial charge is 0.268 e. The number of amides is 1. The lowest BCUT2D eigenvalue weighted by molar-refractivity contribution is -0.117. The number of hydrogen-bond acceptors (Lipinski definition) is 5. The molecule has 0 saturated carbocycles. The van der Waals surface area contributed by atoms with Crippen molar-refractivity contribution in [3.63, 3.8) is 0 Å². The molecule has 3 aromatic carbocycles. The van der Waals surface area contributed by atoms with E-state index in [0.29, 0.717) is 17.9 Å². The van der Waals surface area contributed by atoms with Gasteiger partial charge in [-0.25, -0.2) is 8.42 Å². The number of benzene rings is 3. The predicted octanol–water partition coefficient (Wildman–Crippen LogP) is 4.95. The van der Waals surface area contributed by atoms with Crippen LogP contribution in [0.15, 0.2) is 70.0 Å². The summed E-state index contributed by atoms with van der Waals surface area (Å²) in [6.07, 6.45) is 0.696. The number of carbonyl (C=O) groups excluding carboxylic acids is 1. The number of halogens is 1. The number of rotatable bonds is 7. The maximum Gasteiger partial charge on any atom is 0.268 e. The Hall–Kier alpha value is -3.04. The number of methoxy groups -OCH3 is 2. The Balaban J connectivity index is 1.78. The summed E-state index contributed by atoms with van der Waals surface area (Å²) in [6.45, 7) is 3.40. The van der Waals surface area contributed by atoms with Crippen molar-refractivity contribution in [3.8, 4) is 11.5 Å². The minimum Gasteiger partial charge on any atom is -0.497 e. The standard InChI is InChI=1S/C26H27BrN2O5S/c1-17-5-12-24(34-4)25(13-17)35(31,32)28(21-7-9-22(33-3)10-8-21)16-26(30)29-18(2)14-19-15-20(27)6-11-23(19)29/h5-13,15,18H,14,16H2,1-4H3/t18-/m1/s1. The van der Waals surface area contributed by atoms with Crippen LogP contribution in [0.5, 0.6) is 11.5 Å². The van der Waals surface area contributed by atoms with Crippen LogP contribution >= 0.6 is 15.9 Å². The third-order valence-corrected chi connectivity index (χ3v) is 8.34. The highest BCUT2D eigenvalue weighted by molar-refractivity contribution is 9.10. The molecule has 0 aliphatic carbocycles. The van der Waals surface area contributed by atoms with Gasteiger partial charge in [-0.3, -0.25) is 9.10 Å². The van der Waals surface area contributed by atoms with Crippen LogP contribution in [0.1, 0.15) is 18.1 Å². The molecule has 0 radical (unpaired) electrons. The molecule has 0 N–H and O–H groups in total. The summed E-state index contributed by atoms with van der Waals surface area (Å²) in [5, 5.41) is 0. The first-order chi connectivity index (χ1) is 16.6. The van der Waals surface area contributed by atoms with E-state index in [0.717, 1.165) is 25.6 Å². The molecular formula is C26H27BrN2O5S. The van der Waals surface area contributed by atoms with Crippen molar-refractivity contribution in [2.45, 2.75) is 31.2 Å². The molecule has 9 heteroatoms.